The van der Waals surface area contributed by atoms with Crippen molar-refractivity contribution >= 4 is 17.4 Å². The molecule has 2 aromatic rings. The van der Waals surface area contributed by atoms with Gasteiger partial charge in [0.1, 0.15) is 0 Å². The summed E-state index contributed by atoms with van der Waals surface area (Å²) in [5.74, 6) is 0. The van der Waals surface area contributed by atoms with Gasteiger partial charge in [-0.1, -0.05) is 11.8 Å². The predicted octanol–water partition coefficient (Wildman–Crippen LogP) is 2.54. The van der Waals surface area contributed by atoms with E-state index in [1.165, 1.54) is 24.0 Å². The van der Waals surface area contributed by atoms with E-state index in [1.807, 2.05) is 0 Å². The van der Waals surface area contributed by atoms with Crippen LogP contribution < -0.4 is 0 Å². The van der Waals surface area contributed by atoms with Gasteiger partial charge in [-0.3, -0.25) is 15.1 Å². The molecule has 0 N–H and O–H groups in total. The van der Waals surface area contributed by atoms with Gasteiger partial charge in [-0.05, 0) is 18.2 Å². The zero-order valence-electron chi connectivity index (χ0n) is 8.11. The highest BCUT2D eigenvalue weighted by Crippen LogP contribution is 2.31. The summed E-state index contributed by atoms with van der Waals surface area (Å²) in [5, 5.41) is 11.1. The van der Waals surface area contributed by atoms with Crippen LogP contribution in [0.1, 0.15) is 0 Å². The average Bonchev–Trinajstić information content (AvgIpc) is 2.31. The molecule has 0 aliphatic carbocycles. The lowest BCUT2D eigenvalue weighted by Crippen LogP contribution is -1.92. The maximum Gasteiger partial charge on any atom is 0.301 e. The van der Waals surface area contributed by atoms with Gasteiger partial charge in [0.2, 0.25) is 0 Å². The maximum atomic E-state index is 10.8. The van der Waals surface area contributed by atoms with Gasteiger partial charge >= 0.3 is 5.69 Å². The van der Waals surface area contributed by atoms with E-state index >= 15 is 0 Å². The Morgan fingerprint density at radius 3 is 2.62 bits per heavy atom. The molecule has 16 heavy (non-hydrogen) atoms. The summed E-state index contributed by atoms with van der Waals surface area (Å²) in [7, 11) is 0. The van der Waals surface area contributed by atoms with Crippen molar-refractivity contribution in [2.24, 2.45) is 0 Å². The van der Waals surface area contributed by atoms with Crippen molar-refractivity contribution in [2.45, 2.75) is 9.92 Å². The monoisotopic (exact) mass is 233 g/mol. The van der Waals surface area contributed by atoms with Gasteiger partial charge in [0.25, 0.3) is 0 Å². The molecule has 2 heterocycles. The molecule has 0 aliphatic heterocycles. The van der Waals surface area contributed by atoms with E-state index in [4.69, 9.17) is 0 Å². The number of hydrogen-bond acceptors (Lipinski definition) is 5. The summed E-state index contributed by atoms with van der Waals surface area (Å²) < 4.78 is 0. The molecule has 0 spiro atoms. The zero-order chi connectivity index (χ0) is 11.4. The largest absolute Gasteiger partial charge is 0.301 e. The van der Waals surface area contributed by atoms with Crippen LogP contribution in [0.5, 0.6) is 0 Å². The number of hydrogen-bond donors (Lipinski definition) is 0. The molecule has 6 heteroatoms. The molecule has 0 aromatic carbocycles. The minimum absolute atomic E-state index is 0.0179. The Labute approximate surface area is 95.7 Å². The van der Waals surface area contributed by atoms with Gasteiger partial charge in [-0.15, -0.1) is 0 Å². The fourth-order valence-electron chi connectivity index (χ4n) is 1.12. The van der Waals surface area contributed by atoms with Gasteiger partial charge in [0.05, 0.1) is 4.92 Å². The fourth-order valence-corrected chi connectivity index (χ4v) is 1.96. The molecule has 0 unspecified atom stereocenters. The van der Waals surface area contributed by atoms with E-state index in [0.29, 0.717) is 5.03 Å². The first-order chi connectivity index (χ1) is 7.77. The molecule has 2 aromatic heterocycles. The van der Waals surface area contributed by atoms with Crippen molar-refractivity contribution < 1.29 is 4.92 Å². The number of rotatable bonds is 3. The summed E-state index contributed by atoms with van der Waals surface area (Å²) in [6.45, 7) is 0. The summed E-state index contributed by atoms with van der Waals surface area (Å²) in [6.07, 6.45) is 4.81. The van der Waals surface area contributed by atoms with E-state index in [-0.39, 0.29) is 5.69 Å². The fraction of sp³-hybridized carbons (Fsp3) is 0. The van der Waals surface area contributed by atoms with E-state index < -0.39 is 4.92 Å². The Bertz CT molecular complexity index is 504. The van der Waals surface area contributed by atoms with Crippen LogP contribution in [-0.2, 0) is 0 Å². The van der Waals surface area contributed by atoms with Crippen LogP contribution in [0.2, 0.25) is 0 Å². The SMILES string of the molecule is O=[N+]([O-])c1cccnc1Sc1ccncc1. The highest BCUT2D eigenvalue weighted by atomic mass is 32.2. The Hall–Kier alpha value is -1.95. The van der Waals surface area contributed by atoms with Crippen molar-refractivity contribution in [3.63, 3.8) is 0 Å². The highest BCUT2D eigenvalue weighted by molar-refractivity contribution is 7.99. The summed E-state index contributed by atoms with van der Waals surface area (Å²) in [5.41, 5.74) is 0.0179. The molecule has 0 aliphatic rings. The second-order valence-corrected chi connectivity index (χ2v) is 3.93. The molecule has 5 nitrogen and oxygen atoms in total. The van der Waals surface area contributed by atoms with Crippen LogP contribution in [0.3, 0.4) is 0 Å². The van der Waals surface area contributed by atoms with Crippen molar-refractivity contribution in [3.05, 3.63) is 53.0 Å². The van der Waals surface area contributed by atoms with E-state index in [9.17, 15) is 10.1 Å². The minimum Gasteiger partial charge on any atom is -0.265 e. The number of pyridine rings is 2. The molecule has 0 saturated heterocycles. The lowest BCUT2D eigenvalue weighted by atomic mass is 10.4. The molecular weight excluding hydrogens is 226 g/mol. The van der Waals surface area contributed by atoms with Crippen LogP contribution >= 0.6 is 11.8 Å². The van der Waals surface area contributed by atoms with E-state index in [0.717, 1.165) is 4.90 Å². The lowest BCUT2D eigenvalue weighted by molar-refractivity contribution is -0.388. The molecule has 2 rings (SSSR count). The minimum atomic E-state index is -0.434. The van der Waals surface area contributed by atoms with Crippen LogP contribution in [0.4, 0.5) is 5.69 Å². The lowest BCUT2D eigenvalue weighted by Gasteiger charge is -2.00. The Balaban J connectivity index is 2.31. The summed E-state index contributed by atoms with van der Waals surface area (Å²) >= 11 is 1.25. The molecule has 0 amide bonds. The summed E-state index contributed by atoms with van der Waals surface area (Å²) in [6, 6.07) is 6.55. The Kier molecular flexibility index (Phi) is 3.11. The van der Waals surface area contributed by atoms with Gasteiger partial charge in [-0.25, -0.2) is 4.98 Å². The van der Waals surface area contributed by atoms with Gasteiger partial charge in [-0.2, -0.15) is 0 Å². The van der Waals surface area contributed by atoms with Gasteiger partial charge in [0.15, 0.2) is 5.03 Å². The first kappa shape index (κ1) is 10.6. The van der Waals surface area contributed by atoms with Gasteiger partial charge in [0, 0.05) is 29.6 Å². The number of nitrogens with zero attached hydrogens (tertiary/aromatic N) is 3. The molecule has 80 valence electrons. The number of aromatic nitrogens is 2. The highest BCUT2D eigenvalue weighted by Gasteiger charge is 2.14. The second-order valence-electron chi connectivity index (χ2n) is 2.87. The van der Waals surface area contributed by atoms with E-state index in [1.54, 1.807) is 30.6 Å². The van der Waals surface area contributed by atoms with Crippen LogP contribution in [-0.4, -0.2) is 14.9 Å². The Morgan fingerprint density at radius 1 is 1.19 bits per heavy atom. The molecule has 0 radical (unpaired) electrons. The molecular formula is C10H7N3O2S. The van der Waals surface area contributed by atoms with Crippen LogP contribution in [0.15, 0.2) is 52.8 Å². The zero-order valence-corrected chi connectivity index (χ0v) is 8.92. The van der Waals surface area contributed by atoms with Crippen molar-refractivity contribution in [2.75, 3.05) is 0 Å². The molecule has 0 bridgehead atoms. The Morgan fingerprint density at radius 2 is 1.94 bits per heavy atom. The standard InChI is InChI=1S/C10H7N3O2S/c14-13(15)9-2-1-5-12-10(9)16-8-3-6-11-7-4-8/h1-7H. The summed E-state index contributed by atoms with van der Waals surface area (Å²) in [4.78, 5) is 19.1. The van der Waals surface area contributed by atoms with E-state index in [2.05, 4.69) is 9.97 Å². The molecule has 0 saturated carbocycles. The topological polar surface area (TPSA) is 68.9 Å². The van der Waals surface area contributed by atoms with Crippen LogP contribution in [0.25, 0.3) is 0 Å². The third-order valence-electron chi connectivity index (χ3n) is 1.81. The first-order valence-electron chi connectivity index (χ1n) is 4.44. The maximum absolute atomic E-state index is 10.8. The molecule has 0 fully saturated rings. The quantitative estimate of drug-likeness (QED) is 0.601. The predicted molar refractivity (Wildman–Crippen MR) is 59.3 cm³/mol. The number of nitro groups is 1. The first-order valence-corrected chi connectivity index (χ1v) is 5.26. The second kappa shape index (κ2) is 4.71. The normalized spacial score (nSPS) is 10.0. The average molecular weight is 233 g/mol. The van der Waals surface area contributed by atoms with Gasteiger partial charge < -0.3 is 0 Å². The third kappa shape index (κ3) is 2.34. The van der Waals surface area contributed by atoms with Crippen molar-refractivity contribution in [1.29, 1.82) is 0 Å². The molecule has 0 atom stereocenters. The van der Waals surface area contributed by atoms with Crippen LogP contribution in [0, 0.1) is 10.1 Å². The smallest absolute Gasteiger partial charge is 0.265 e. The third-order valence-corrected chi connectivity index (χ3v) is 2.83. The van der Waals surface area contributed by atoms with Crippen molar-refractivity contribution in [1.82, 2.24) is 9.97 Å². The van der Waals surface area contributed by atoms with Crippen molar-refractivity contribution in [3.8, 4) is 0 Å².